The van der Waals surface area contributed by atoms with Gasteiger partial charge >= 0.3 is 0 Å². The molecule has 4 aliphatic rings. The quantitative estimate of drug-likeness (QED) is 0.112. The fourth-order valence-corrected chi connectivity index (χ4v) is 6.92. The molecule has 0 saturated carbocycles. The first-order valence-electron chi connectivity index (χ1n) is 19.5. The summed E-state index contributed by atoms with van der Waals surface area (Å²) in [5.41, 5.74) is 8.10. The van der Waals surface area contributed by atoms with Gasteiger partial charge in [-0.25, -0.2) is 13.2 Å². The SMILES string of the molecule is C1COCCN1.Nc1cc(F)ccc1N1CCOCC1.O=[N+]([O-])c1cc(F)ccc1Br.O=[N+]([O-])c1cc(F)ccc1N1CCOCC1.O=[N+]([O-])c1cc(N2CCOCC2)ccc1Br. The number of hydrogen-bond acceptors (Lipinski definition) is 15. The van der Waals surface area contributed by atoms with E-state index < -0.39 is 21.5 Å². The molecule has 4 saturated heterocycles. The van der Waals surface area contributed by atoms with Gasteiger partial charge in [-0.2, -0.15) is 0 Å². The average Bonchev–Trinajstić information content (AvgIpc) is 3.29. The molecule has 0 aromatic heterocycles. The normalized spacial score (nSPS) is 16.0. The van der Waals surface area contributed by atoms with Crippen molar-refractivity contribution in [1.29, 1.82) is 0 Å². The van der Waals surface area contributed by atoms with Crippen molar-refractivity contribution in [1.82, 2.24) is 5.32 Å². The van der Waals surface area contributed by atoms with E-state index >= 15 is 0 Å². The van der Waals surface area contributed by atoms with Crippen LogP contribution >= 0.6 is 31.9 Å². The highest BCUT2D eigenvalue weighted by molar-refractivity contribution is 9.11. The third-order valence-electron chi connectivity index (χ3n) is 9.28. The number of ether oxygens (including phenoxy) is 4. The van der Waals surface area contributed by atoms with Crippen LogP contribution in [0.2, 0.25) is 0 Å². The Morgan fingerprint density at radius 2 is 0.889 bits per heavy atom. The molecule has 4 aromatic carbocycles. The minimum Gasteiger partial charge on any atom is -0.397 e. The van der Waals surface area contributed by atoms with Crippen molar-refractivity contribution >= 4 is 71.7 Å². The van der Waals surface area contributed by atoms with Crippen molar-refractivity contribution in [3.63, 3.8) is 0 Å². The molecule has 0 amide bonds. The van der Waals surface area contributed by atoms with Gasteiger partial charge in [0.1, 0.15) is 23.1 Å². The monoisotopic (exact) mass is 1010 g/mol. The van der Waals surface area contributed by atoms with E-state index in [9.17, 15) is 43.5 Å². The zero-order valence-corrected chi connectivity index (χ0v) is 37.1. The van der Waals surface area contributed by atoms with Crippen molar-refractivity contribution in [3.8, 4) is 0 Å². The van der Waals surface area contributed by atoms with E-state index in [1.54, 1.807) is 18.2 Å². The van der Waals surface area contributed by atoms with E-state index in [2.05, 4.69) is 47.0 Å². The second-order valence-electron chi connectivity index (χ2n) is 13.5. The summed E-state index contributed by atoms with van der Waals surface area (Å²) in [6.45, 7) is 12.0. The van der Waals surface area contributed by atoms with Crippen LogP contribution in [0, 0.1) is 47.8 Å². The lowest BCUT2D eigenvalue weighted by Crippen LogP contribution is -2.36. The second-order valence-corrected chi connectivity index (χ2v) is 15.2. The van der Waals surface area contributed by atoms with Gasteiger partial charge in [0.15, 0.2) is 0 Å². The highest BCUT2D eigenvalue weighted by Crippen LogP contribution is 2.31. The molecule has 4 aliphatic heterocycles. The summed E-state index contributed by atoms with van der Waals surface area (Å²) in [5, 5.41) is 34.9. The van der Waals surface area contributed by atoms with E-state index in [1.165, 1.54) is 30.3 Å². The molecule has 0 unspecified atom stereocenters. The summed E-state index contributed by atoms with van der Waals surface area (Å²) in [5.74, 6) is -1.50. The number of nitrogens with one attached hydrogen (secondary N) is 1. The van der Waals surface area contributed by atoms with E-state index in [0.717, 1.165) is 82.1 Å². The van der Waals surface area contributed by atoms with Crippen LogP contribution in [0.5, 0.6) is 0 Å². The Labute approximate surface area is 377 Å². The van der Waals surface area contributed by atoms with Crippen molar-refractivity contribution < 1.29 is 46.9 Å². The van der Waals surface area contributed by atoms with Crippen LogP contribution in [0.4, 0.5) is 53.0 Å². The lowest BCUT2D eigenvalue weighted by molar-refractivity contribution is -0.385. The average molecular weight is 1020 g/mol. The molecular weight excluding hydrogens is 969 g/mol. The fraction of sp³-hybridized carbons (Fsp3) is 0.400. The van der Waals surface area contributed by atoms with E-state index in [0.29, 0.717) is 68.6 Å². The number of nitro groups is 3. The maximum atomic E-state index is 12.9. The van der Waals surface area contributed by atoms with Crippen LogP contribution in [0.1, 0.15) is 0 Å². The molecule has 4 fully saturated rings. The maximum Gasteiger partial charge on any atom is 0.295 e. The predicted molar refractivity (Wildman–Crippen MR) is 238 cm³/mol. The number of nitro benzene ring substituents is 3. The molecule has 18 nitrogen and oxygen atoms in total. The molecule has 63 heavy (non-hydrogen) atoms. The molecule has 4 aromatic rings. The molecule has 0 spiro atoms. The first-order chi connectivity index (χ1) is 30.2. The van der Waals surface area contributed by atoms with Crippen molar-refractivity contribution in [2.24, 2.45) is 0 Å². The molecule has 4 heterocycles. The highest BCUT2D eigenvalue weighted by Gasteiger charge is 2.22. The highest BCUT2D eigenvalue weighted by atomic mass is 79.9. The molecule has 0 aliphatic carbocycles. The van der Waals surface area contributed by atoms with Gasteiger partial charge in [0.2, 0.25) is 0 Å². The minimum absolute atomic E-state index is 0.101. The number of morpholine rings is 4. The molecule has 0 radical (unpaired) electrons. The number of halogens is 5. The predicted octanol–water partition coefficient (Wildman–Crippen LogP) is 7.11. The molecule has 23 heteroatoms. The van der Waals surface area contributed by atoms with Crippen molar-refractivity contribution in [2.75, 3.05) is 126 Å². The first-order valence-corrected chi connectivity index (χ1v) is 21.1. The minimum atomic E-state index is -0.646. The Bertz CT molecular complexity index is 2100. The van der Waals surface area contributed by atoms with E-state index in [1.807, 2.05) is 11.0 Å². The number of benzene rings is 4. The lowest BCUT2D eigenvalue weighted by atomic mass is 10.2. The number of nitrogen functional groups attached to an aromatic ring is 1. The van der Waals surface area contributed by atoms with Gasteiger partial charge in [0.25, 0.3) is 17.1 Å². The summed E-state index contributed by atoms with van der Waals surface area (Å²) in [4.78, 5) is 36.2. The number of nitrogens with two attached hydrogens (primary N) is 1. The van der Waals surface area contributed by atoms with Crippen LogP contribution in [-0.4, -0.2) is 120 Å². The zero-order chi connectivity index (χ0) is 45.7. The topological polar surface area (TPSA) is 214 Å². The summed E-state index contributed by atoms with van der Waals surface area (Å²) < 4.78 is 59.5. The van der Waals surface area contributed by atoms with Crippen LogP contribution in [-0.2, 0) is 18.9 Å². The Hall–Kier alpha value is -5.17. The largest absolute Gasteiger partial charge is 0.397 e. The summed E-state index contributed by atoms with van der Waals surface area (Å²) in [6.07, 6.45) is 0. The smallest absolute Gasteiger partial charge is 0.295 e. The van der Waals surface area contributed by atoms with E-state index in [4.69, 9.17) is 24.7 Å². The Morgan fingerprint density at radius 1 is 0.508 bits per heavy atom. The number of rotatable bonds is 6. The molecule has 3 N–H and O–H groups in total. The van der Waals surface area contributed by atoms with Crippen LogP contribution < -0.4 is 25.8 Å². The molecular formula is C40H47Br2F3N8O10. The standard InChI is InChI=1S/C10H11BrN2O3.C10H11FN2O3.C10H13FN2O.C6H3BrFNO2.C4H9NO/c11-9-2-1-8(7-10(9)13(14)15)12-3-5-16-6-4-12;11-8-1-2-9(10(7-8)13(14)15)12-3-5-16-6-4-12;11-8-1-2-10(9(12)7-8)13-3-5-14-6-4-13;7-5-2-1-4(8)3-6(5)9(10)11;1-3-6-4-2-5-1/h2*1-2,7H,3-6H2;1-2,7H,3-6,12H2;1-3H;5H,1-4H2. The Balaban J connectivity index is 0.000000178. The van der Waals surface area contributed by atoms with Crippen molar-refractivity contribution in [3.05, 3.63) is 130 Å². The molecule has 0 atom stereocenters. The molecule has 8 rings (SSSR count). The summed E-state index contributed by atoms with van der Waals surface area (Å²) in [7, 11) is 0. The lowest BCUT2D eigenvalue weighted by Gasteiger charge is -2.29. The van der Waals surface area contributed by atoms with Crippen LogP contribution in [0.25, 0.3) is 0 Å². The van der Waals surface area contributed by atoms with Gasteiger partial charge in [-0.15, -0.1) is 0 Å². The van der Waals surface area contributed by atoms with Crippen molar-refractivity contribution in [2.45, 2.75) is 0 Å². The fourth-order valence-electron chi connectivity index (χ4n) is 6.13. The number of anilines is 4. The van der Waals surface area contributed by atoms with Crippen LogP contribution in [0.3, 0.4) is 0 Å². The van der Waals surface area contributed by atoms with Crippen LogP contribution in [0.15, 0.2) is 81.7 Å². The number of hydrogen-bond donors (Lipinski definition) is 2. The van der Waals surface area contributed by atoms with Gasteiger partial charge in [0, 0.05) is 64.1 Å². The van der Waals surface area contributed by atoms with Gasteiger partial charge in [-0.1, -0.05) is 0 Å². The van der Waals surface area contributed by atoms with Gasteiger partial charge in [-0.05, 0) is 86.5 Å². The summed E-state index contributed by atoms with van der Waals surface area (Å²) >= 11 is 6.09. The third kappa shape index (κ3) is 16.8. The molecule has 0 bridgehead atoms. The maximum absolute atomic E-state index is 12.9. The summed E-state index contributed by atoms with van der Waals surface area (Å²) in [6, 6.07) is 16.6. The Kier molecular flexibility index (Phi) is 21.2. The van der Waals surface area contributed by atoms with Gasteiger partial charge in [0.05, 0.1) is 100 Å². The zero-order valence-electron chi connectivity index (χ0n) is 34.0. The first kappa shape index (κ1) is 50.5. The van der Waals surface area contributed by atoms with E-state index in [-0.39, 0.29) is 32.3 Å². The van der Waals surface area contributed by atoms with Gasteiger partial charge in [-0.3, -0.25) is 30.3 Å². The Morgan fingerprint density at radius 3 is 1.32 bits per heavy atom. The third-order valence-corrected chi connectivity index (χ3v) is 10.6. The molecule has 342 valence electrons. The second kappa shape index (κ2) is 26.5. The number of nitrogens with zero attached hydrogens (tertiary/aromatic N) is 6. The van der Waals surface area contributed by atoms with Gasteiger partial charge < -0.3 is 44.7 Å².